The summed E-state index contributed by atoms with van der Waals surface area (Å²) in [4.78, 5) is 38.0. The highest BCUT2D eigenvalue weighted by Gasteiger charge is 2.19. The first kappa shape index (κ1) is 58.4. The van der Waals surface area contributed by atoms with Gasteiger partial charge < -0.3 is 14.2 Å². The summed E-state index contributed by atoms with van der Waals surface area (Å²) in [6.45, 7) is 11.4. The van der Waals surface area contributed by atoms with Crippen LogP contribution in [0, 0.1) is 11.8 Å². The van der Waals surface area contributed by atoms with Gasteiger partial charge in [0.25, 0.3) is 0 Å². The molecular weight excluding hydrogens is 745 g/mol. The van der Waals surface area contributed by atoms with Gasteiger partial charge in [-0.25, -0.2) is 0 Å². The molecule has 0 radical (unpaired) electrons. The van der Waals surface area contributed by atoms with Gasteiger partial charge in [0.1, 0.15) is 13.2 Å². The summed E-state index contributed by atoms with van der Waals surface area (Å²) in [5.74, 6) is 0.841. The molecule has 0 aromatic heterocycles. The maximum atomic E-state index is 12.8. The van der Waals surface area contributed by atoms with Crippen LogP contribution in [0.2, 0.25) is 0 Å². The van der Waals surface area contributed by atoms with E-state index >= 15 is 0 Å². The van der Waals surface area contributed by atoms with Crippen LogP contribution in [0.4, 0.5) is 0 Å². The molecule has 0 aliphatic heterocycles. The molecule has 0 saturated heterocycles. The van der Waals surface area contributed by atoms with Crippen molar-refractivity contribution in [3.63, 3.8) is 0 Å². The van der Waals surface area contributed by atoms with Crippen LogP contribution in [0.5, 0.6) is 0 Å². The highest BCUT2D eigenvalue weighted by Crippen LogP contribution is 2.18. The number of hydrogen-bond donors (Lipinski definition) is 0. The van der Waals surface area contributed by atoms with Gasteiger partial charge in [-0.1, -0.05) is 259 Å². The first-order valence-corrected chi connectivity index (χ1v) is 26.8. The van der Waals surface area contributed by atoms with Crippen molar-refractivity contribution in [3.8, 4) is 0 Å². The Kier molecular flexibility index (Phi) is 45.7. The molecule has 0 bridgehead atoms. The van der Waals surface area contributed by atoms with Gasteiger partial charge in [-0.3, -0.25) is 14.4 Å². The number of carbonyl (C=O) groups excluding carboxylic acids is 3. The number of rotatable bonds is 48. The van der Waals surface area contributed by atoms with Crippen molar-refractivity contribution in [2.75, 3.05) is 13.2 Å². The van der Waals surface area contributed by atoms with Crippen LogP contribution in [0.15, 0.2) is 0 Å². The second-order valence-electron chi connectivity index (χ2n) is 19.2. The molecule has 0 aromatic carbocycles. The van der Waals surface area contributed by atoms with Gasteiger partial charge in [-0.2, -0.15) is 0 Å². The lowest BCUT2D eigenvalue weighted by Gasteiger charge is -2.18. The topological polar surface area (TPSA) is 78.9 Å². The number of hydrogen-bond acceptors (Lipinski definition) is 6. The van der Waals surface area contributed by atoms with Crippen LogP contribution in [-0.4, -0.2) is 37.2 Å². The quantitative estimate of drug-likeness (QED) is 0.0345. The van der Waals surface area contributed by atoms with E-state index in [9.17, 15) is 14.4 Å². The van der Waals surface area contributed by atoms with Crippen molar-refractivity contribution in [2.45, 2.75) is 304 Å². The van der Waals surface area contributed by atoms with E-state index in [1.807, 2.05) is 0 Å². The Balaban J connectivity index is 4.26. The molecule has 0 spiro atoms. The fourth-order valence-electron chi connectivity index (χ4n) is 8.13. The Morgan fingerprint density at radius 3 is 0.950 bits per heavy atom. The predicted molar refractivity (Wildman–Crippen MR) is 256 cm³/mol. The highest BCUT2D eigenvalue weighted by molar-refractivity contribution is 5.71. The van der Waals surface area contributed by atoms with Crippen LogP contribution in [0.1, 0.15) is 298 Å². The first-order chi connectivity index (χ1) is 29.3. The lowest BCUT2D eigenvalue weighted by Crippen LogP contribution is -2.30. The third-order valence-electron chi connectivity index (χ3n) is 12.6. The van der Waals surface area contributed by atoms with Gasteiger partial charge in [-0.15, -0.1) is 0 Å². The van der Waals surface area contributed by atoms with Gasteiger partial charge in [0.2, 0.25) is 0 Å². The van der Waals surface area contributed by atoms with Gasteiger partial charge >= 0.3 is 17.9 Å². The Bertz CT molecular complexity index is 918. The van der Waals surface area contributed by atoms with Gasteiger partial charge in [0.15, 0.2) is 6.10 Å². The molecule has 0 amide bonds. The highest BCUT2D eigenvalue weighted by atomic mass is 16.6. The first-order valence-electron chi connectivity index (χ1n) is 26.8. The van der Waals surface area contributed by atoms with Gasteiger partial charge in [0, 0.05) is 19.3 Å². The largest absolute Gasteiger partial charge is 0.462 e. The van der Waals surface area contributed by atoms with Crippen LogP contribution in [-0.2, 0) is 28.6 Å². The molecule has 0 fully saturated rings. The SMILES string of the molecule is CCCCCCCCCCCCCCCC(=O)OC[C@H](COC(=O)CCCCCCCCCCCCCCCCC(C)CC)OC(=O)CCCCCCCCCCC(C)C. The summed E-state index contributed by atoms with van der Waals surface area (Å²) in [5, 5.41) is 0. The molecule has 2 atom stereocenters. The Morgan fingerprint density at radius 2 is 0.633 bits per heavy atom. The van der Waals surface area contributed by atoms with Crippen molar-refractivity contribution < 1.29 is 28.6 Å². The molecule has 6 nitrogen and oxygen atoms in total. The van der Waals surface area contributed by atoms with Crippen LogP contribution in [0.25, 0.3) is 0 Å². The van der Waals surface area contributed by atoms with E-state index in [2.05, 4.69) is 34.6 Å². The molecule has 0 aliphatic carbocycles. The number of esters is 3. The summed E-state index contributed by atoms with van der Waals surface area (Å²) in [7, 11) is 0. The van der Waals surface area contributed by atoms with E-state index in [0.717, 1.165) is 69.6 Å². The zero-order valence-corrected chi connectivity index (χ0v) is 41.1. The Labute approximate surface area is 374 Å². The third kappa shape index (κ3) is 45.9. The summed E-state index contributed by atoms with van der Waals surface area (Å²) in [6, 6.07) is 0. The molecule has 0 saturated carbocycles. The summed E-state index contributed by atoms with van der Waals surface area (Å²) < 4.78 is 16.8. The molecule has 0 aromatic rings. The second-order valence-corrected chi connectivity index (χ2v) is 19.2. The monoisotopic (exact) mass is 849 g/mol. The maximum Gasteiger partial charge on any atom is 0.306 e. The lowest BCUT2D eigenvalue weighted by molar-refractivity contribution is -0.167. The molecule has 356 valence electrons. The average Bonchev–Trinajstić information content (AvgIpc) is 3.23. The minimum Gasteiger partial charge on any atom is -0.462 e. The van der Waals surface area contributed by atoms with Crippen molar-refractivity contribution in [3.05, 3.63) is 0 Å². The smallest absolute Gasteiger partial charge is 0.306 e. The molecule has 0 aliphatic rings. The number of ether oxygens (including phenoxy) is 3. The maximum absolute atomic E-state index is 12.8. The summed E-state index contributed by atoms with van der Waals surface area (Å²) >= 11 is 0. The molecule has 0 heterocycles. The molecule has 6 heteroatoms. The van der Waals surface area contributed by atoms with Crippen molar-refractivity contribution >= 4 is 17.9 Å². The van der Waals surface area contributed by atoms with Gasteiger partial charge in [-0.05, 0) is 31.1 Å². The standard InChI is InChI=1S/C54H104O6/c1-6-8-9-10-11-12-13-16-20-23-29-34-39-44-52(55)58-47-51(60-54(57)46-41-36-31-26-25-27-32-37-42-49(3)4)48-59-53(56)45-40-35-30-24-21-18-15-14-17-19-22-28-33-38-43-50(5)7-2/h49-51H,6-48H2,1-5H3/t50?,51-/m1/s1. The normalized spacial score (nSPS) is 12.5. The van der Waals surface area contributed by atoms with Crippen LogP contribution < -0.4 is 0 Å². The van der Waals surface area contributed by atoms with E-state index in [1.54, 1.807) is 0 Å². The third-order valence-corrected chi connectivity index (χ3v) is 12.6. The van der Waals surface area contributed by atoms with E-state index < -0.39 is 6.10 Å². The fraction of sp³-hybridized carbons (Fsp3) is 0.944. The van der Waals surface area contributed by atoms with Crippen LogP contribution in [0.3, 0.4) is 0 Å². The van der Waals surface area contributed by atoms with E-state index in [1.165, 1.54) is 186 Å². The van der Waals surface area contributed by atoms with Crippen molar-refractivity contribution in [1.29, 1.82) is 0 Å². The number of unbranched alkanes of at least 4 members (excludes halogenated alkanes) is 32. The average molecular weight is 849 g/mol. The summed E-state index contributed by atoms with van der Waals surface area (Å²) in [6.07, 6.45) is 48.0. The molecule has 1 unspecified atom stereocenters. The van der Waals surface area contributed by atoms with Crippen molar-refractivity contribution in [2.24, 2.45) is 11.8 Å². The minimum atomic E-state index is -0.762. The minimum absolute atomic E-state index is 0.0639. The molecule has 0 N–H and O–H groups in total. The zero-order chi connectivity index (χ0) is 44.0. The fourth-order valence-corrected chi connectivity index (χ4v) is 8.13. The van der Waals surface area contributed by atoms with E-state index in [4.69, 9.17) is 14.2 Å². The van der Waals surface area contributed by atoms with Crippen molar-refractivity contribution in [1.82, 2.24) is 0 Å². The predicted octanol–water partition coefficient (Wildman–Crippen LogP) is 17.3. The van der Waals surface area contributed by atoms with Gasteiger partial charge in [0.05, 0.1) is 0 Å². The van der Waals surface area contributed by atoms with E-state index in [0.29, 0.717) is 19.3 Å². The molecular formula is C54H104O6. The molecule has 0 rings (SSSR count). The van der Waals surface area contributed by atoms with Crippen LogP contribution >= 0.6 is 0 Å². The second kappa shape index (κ2) is 46.9. The lowest BCUT2D eigenvalue weighted by atomic mass is 9.99. The molecule has 60 heavy (non-hydrogen) atoms. The Morgan fingerprint density at radius 1 is 0.350 bits per heavy atom. The Hall–Kier alpha value is -1.59. The van der Waals surface area contributed by atoms with E-state index in [-0.39, 0.29) is 31.1 Å². The summed E-state index contributed by atoms with van der Waals surface area (Å²) in [5.41, 5.74) is 0. The zero-order valence-electron chi connectivity index (χ0n) is 41.1. The number of carbonyl (C=O) groups is 3.